The summed E-state index contributed by atoms with van der Waals surface area (Å²) in [5, 5.41) is 0.376. The number of rotatable bonds is 5. The molecule has 0 saturated heterocycles. The molecule has 0 N–H and O–H groups in total. The lowest BCUT2D eigenvalue weighted by molar-refractivity contribution is 0.112. The number of carbonyl (C=O) groups is 1. The Morgan fingerprint density at radius 2 is 1.83 bits per heavy atom. The van der Waals surface area contributed by atoms with E-state index in [9.17, 15) is 4.79 Å². The maximum absolute atomic E-state index is 10.7. The summed E-state index contributed by atoms with van der Waals surface area (Å²) in [4.78, 5) is 10.7. The average Bonchev–Trinajstić information content (AvgIpc) is 2.42. The number of hydrogen-bond donors (Lipinski definition) is 0. The molecule has 2 rings (SSSR count). The maximum Gasteiger partial charge on any atom is 0.151 e. The first-order chi connectivity index (χ1) is 8.81. The van der Waals surface area contributed by atoms with Crippen LogP contribution in [0.5, 0.6) is 5.75 Å². The lowest BCUT2D eigenvalue weighted by atomic mass is 10.2. The van der Waals surface area contributed by atoms with Gasteiger partial charge in [-0.15, -0.1) is 0 Å². The largest absolute Gasteiger partial charge is 0.492 e. The molecule has 0 radical (unpaired) electrons. The number of aldehydes is 1. The summed E-state index contributed by atoms with van der Waals surface area (Å²) in [7, 11) is 0. The van der Waals surface area contributed by atoms with Crippen molar-refractivity contribution in [1.29, 1.82) is 0 Å². The van der Waals surface area contributed by atoms with Crippen molar-refractivity contribution < 1.29 is 9.53 Å². The number of benzene rings is 2. The van der Waals surface area contributed by atoms with Crippen molar-refractivity contribution in [3.63, 3.8) is 0 Å². The fraction of sp³-hybridized carbons (Fsp3) is 0.133. The average molecular weight is 261 g/mol. The van der Waals surface area contributed by atoms with Crippen LogP contribution in [-0.4, -0.2) is 12.9 Å². The molecule has 2 aromatic carbocycles. The predicted octanol–water partition coefficient (Wildman–Crippen LogP) is 3.77. The first-order valence-electron chi connectivity index (χ1n) is 5.71. The molecule has 0 saturated carbocycles. The molecular formula is C15H13ClO2. The Morgan fingerprint density at radius 3 is 2.56 bits per heavy atom. The van der Waals surface area contributed by atoms with Crippen molar-refractivity contribution in [2.75, 3.05) is 6.61 Å². The van der Waals surface area contributed by atoms with Crippen LogP contribution in [0.2, 0.25) is 5.02 Å². The second-order valence-electron chi connectivity index (χ2n) is 3.86. The summed E-state index contributed by atoms with van der Waals surface area (Å²) in [5.74, 6) is 0.553. The highest BCUT2D eigenvalue weighted by Gasteiger charge is 2.06. The zero-order chi connectivity index (χ0) is 12.8. The van der Waals surface area contributed by atoms with Crippen LogP contribution in [0.15, 0.2) is 48.5 Å². The van der Waals surface area contributed by atoms with E-state index >= 15 is 0 Å². The van der Waals surface area contributed by atoms with Gasteiger partial charge in [-0.25, -0.2) is 0 Å². The van der Waals surface area contributed by atoms with Gasteiger partial charge in [-0.2, -0.15) is 0 Å². The molecule has 0 fully saturated rings. The van der Waals surface area contributed by atoms with Gasteiger partial charge in [0.15, 0.2) is 6.29 Å². The van der Waals surface area contributed by atoms with Crippen molar-refractivity contribution in [1.82, 2.24) is 0 Å². The summed E-state index contributed by atoms with van der Waals surface area (Å²) in [6, 6.07) is 15.3. The minimum atomic E-state index is 0.376. The third-order valence-corrected chi connectivity index (χ3v) is 3.02. The van der Waals surface area contributed by atoms with Gasteiger partial charge in [0.05, 0.1) is 11.6 Å². The normalized spacial score (nSPS) is 10.1. The van der Waals surface area contributed by atoms with Gasteiger partial charge >= 0.3 is 0 Å². The van der Waals surface area contributed by atoms with E-state index in [4.69, 9.17) is 16.3 Å². The van der Waals surface area contributed by atoms with Crippen LogP contribution in [0.3, 0.4) is 0 Å². The molecular weight excluding hydrogens is 248 g/mol. The van der Waals surface area contributed by atoms with Gasteiger partial charge in [-0.3, -0.25) is 4.79 Å². The Balaban J connectivity index is 1.97. The molecule has 0 spiro atoms. The Hall–Kier alpha value is -1.80. The summed E-state index contributed by atoms with van der Waals surface area (Å²) >= 11 is 6.03. The highest BCUT2D eigenvalue weighted by Crippen LogP contribution is 2.27. The molecule has 0 aromatic heterocycles. The van der Waals surface area contributed by atoms with Crippen molar-refractivity contribution in [2.24, 2.45) is 0 Å². The highest BCUT2D eigenvalue weighted by atomic mass is 35.5. The minimum absolute atomic E-state index is 0.376. The van der Waals surface area contributed by atoms with Gasteiger partial charge in [0.25, 0.3) is 0 Å². The SMILES string of the molecule is O=Cc1cccc(OCCc2ccccc2)c1Cl. The van der Waals surface area contributed by atoms with E-state index in [0.29, 0.717) is 22.9 Å². The van der Waals surface area contributed by atoms with Crippen LogP contribution in [0.4, 0.5) is 0 Å². The zero-order valence-electron chi connectivity index (χ0n) is 9.80. The topological polar surface area (TPSA) is 26.3 Å². The molecule has 0 bridgehead atoms. The second-order valence-corrected chi connectivity index (χ2v) is 4.24. The molecule has 0 aliphatic rings. The van der Waals surface area contributed by atoms with E-state index in [1.54, 1.807) is 18.2 Å². The number of hydrogen-bond acceptors (Lipinski definition) is 2. The quantitative estimate of drug-likeness (QED) is 0.765. The van der Waals surface area contributed by atoms with Crippen LogP contribution in [0, 0.1) is 0 Å². The highest BCUT2D eigenvalue weighted by molar-refractivity contribution is 6.34. The van der Waals surface area contributed by atoms with E-state index in [-0.39, 0.29) is 0 Å². The molecule has 2 aromatic rings. The molecule has 0 aliphatic heterocycles. The van der Waals surface area contributed by atoms with E-state index < -0.39 is 0 Å². The Kier molecular flexibility index (Phi) is 4.37. The first kappa shape index (κ1) is 12.7. The Morgan fingerprint density at radius 1 is 1.06 bits per heavy atom. The monoisotopic (exact) mass is 260 g/mol. The molecule has 92 valence electrons. The fourth-order valence-corrected chi connectivity index (χ4v) is 1.88. The van der Waals surface area contributed by atoms with Crippen molar-refractivity contribution in [3.05, 3.63) is 64.7 Å². The molecule has 18 heavy (non-hydrogen) atoms. The van der Waals surface area contributed by atoms with Gasteiger partial charge < -0.3 is 4.74 Å². The van der Waals surface area contributed by atoms with E-state index in [2.05, 4.69) is 0 Å². The van der Waals surface area contributed by atoms with Crippen molar-refractivity contribution >= 4 is 17.9 Å². The minimum Gasteiger partial charge on any atom is -0.492 e. The number of halogens is 1. The third kappa shape index (κ3) is 3.11. The van der Waals surface area contributed by atoms with E-state index in [1.807, 2.05) is 30.3 Å². The zero-order valence-corrected chi connectivity index (χ0v) is 10.6. The smallest absolute Gasteiger partial charge is 0.151 e. The molecule has 0 aliphatic carbocycles. The van der Waals surface area contributed by atoms with Crippen LogP contribution < -0.4 is 4.74 Å². The van der Waals surface area contributed by atoms with E-state index in [1.165, 1.54) is 5.56 Å². The van der Waals surface area contributed by atoms with Crippen LogP contribution in [0.1, 0.15) is 15.9 Å². The molecule has 0 atom stereocenters. The van der Waals surface area contributed by atoms with Crippen LogP contribution >= 0.6 is 11.6 Å². The van der Waals surface area contributed by atoms with Gasteiger partial charge in [0, 0.05) is 12.0 Å². The van der Waals surface area contributed by atoms with Gasteiger partial charge in [0.2, 0.25) is 0 Å². The summed E-state index contributed by atoms with van der Waals surface area (Å²) in [5.41, 5.74) is 1.66. The van der Waals surface area contributed by atoms with Crippen LogP contribution in [0.25, 0.3) is 0 Å². The van der Waals surface area contributed by atoms with Crippen LogP contribution in [-0.2, 0) is 6.42 Å². The first-order valence-corrected chi connectivity index (χ1v) is 6.09. The fourth-order valence-electron chi connectivity index (χ4n) is 1.65. The van der Waals surface area contributed by atoms with Crippen molar-refractivity contribution in [2.45, 2.75) is 6.42 Å². The predicted molar refractivity (Wildman–Crippen MR) is 72.5 cm³/mol. The molecule has 3 heteroatoms. The third-order valence-electron chi connectivity index (χ3n) is 2.61. The summed E-state index contributed by atoms with van der Waals surface area (Å²) < 4.78 is 5.59. The standard InChI is InChI=1S/C15H13ClO2/c16-15-13(11-17)7-4-8-14(15)18-10-9-12-5-2-1-3-6-12/h1-8,11H,9-10H2. The van der Waals surface area contributed by atoms with Crippen molar-refractivity contribution in [3.8, 4) is 5.75 Å². The lowest BCUT2D eigenvalue weighted by Crippen LogP contribution is -2.02. The molecule has 2 nitrogen and oxygen atoms in total. The summed E-state index contributed by atoms with van der Waals surface area (Å²) in [6.07, 6.45) is 1.54. The second kappa shape index (κ2) is 6.22. The Bertz CT molecular complexity index is 523. The molecule has 0 unspecified atom stereocenters. The summed E-state index contributed by atoms with van der Waals surface area (Å²) in [6.45, 7) is 0.534. The maximum atomic E-state index is 10.7. The molecule has 0 amide bonds. The van der Waals surface area contributed by atoms with E-state index in [0.717, 1.165) is 12.7 Å². The van der Waals surface area contributed by atoms with Gasteiger partial charge in [-0.1, -0.05) is 48.0 Å². The lowest BCUT2D eigenvalue weighted by Gasteiger charge is -2.09. The van der Waals surface area contributed by atoms with Gasteiger partial charge in [-0.05, 0) is 17.7 Å². The Labute approximate surface area is 111 Å². The number of ether oxygens (including phenoxy) is 1. The molecule has 0 heterocycles. The number of carbonyl (C=O) groups excluding carboxylic acids is 1. The van der Waals surface area contributed by atoms with Gasteiger partial charge in [0.1, 0.15) is 5.75 Å².